The van der Waals surface area contributed by atoms with Gasteiger partial charge in [0.05, 0.1) is 18.8 Å². The molecule has 0 radical (unpaired) electrons. The number of nitrogens with zero attached hydrogens (tertiary/aromatic N) is 4. The molecule has 3 aromatic rings. The van der Waals surface area contributed by atoms with Crippen LogP contribution < -0.4 is 4.74 Å². The van der Waals surface area contributed by atoms with Crippen LogP contribution in [-0.4, -0.2) is 38.5 Å². The highest BCUT2D eigenvalue weighted by Crippen LogP contribution is 2.49. The van der Waals surface area contributed by atoms with Crippen LogP contribution in [0.4, 0.5) is 0 Å². The fourth-order valence-electron chi connectivity index (χ4n) is 4.90. The Bertz CT molecular complexity index is 1110. The van der Waals surface area contributed by atoms with E-state index in [4.69, 9.17) is 9.73 Å². The third-order valence-electron chi connectivity index (χ3n) is 6.45. The van der Waals surface area contributed by atoms with Gasteiger partial charge in [-0.15, -0.1) is 0 Å². The number of aryl methyl sites for hydroxylation is 1. The molecule has 1 fully saturated rings. The van der Waals surface area contributed by atoms with Crippen molar-refractivity contribution >= 4 is 16.9 Å². The molecule has 1 aromatic carbocycles. The van der Waals surface area contributed by atoms with E-state index < -0.39 is 0 Å². The molecule has 0 unspecified atom stereocenters. The number of rotatable bonds is 5. The fraction of sp³-hybridized carbons (Fsp3) is 0.360. The second kappa shape index (κ2) is 8.08. The van der Waals surface area contributed by atoms with E-state index in [9.17, 15) is 0 Å². The van der Waals surface area contributed by atoms with E-state index in [1.807, 2.05) is 36.2 Å². The van der Waals surface area contributed by atoms with Crippen LogP contribution in [0.5, 0.6) is 5.75 Å². The molecule has 0 N–H and O–H groups in total. The van der Waals surface area contributed by atoms with Crippen molar-refractivity contribution in [1.29, 1.82) is 0 Å². The fourth-order valence-corrected chi connectivity index (χ4v) is 6.24. The predicted octanol–water partition coefficient (Wildman–Crippen LogP) is 5.48. The molecule has 5 rings (SSSR count). The highest BCUT2D eigenvalue weighted by atomic mass is 32.2. The lowest BCUT2D eigenvalue weighted by molar-refractivity contribution is 0.254. The first-order valence-electron chi connectivity index (χ1n) is 10.9. The van der Waals surface area contributed by atoms with E-state index in [1.165, 1.54) is 22.1 Å². The molecule has 1 saturated heterocycles. The van der Waals surface area contributed by atoms with Gasteiger partial charge in [0.25, 0.3) is 0 Å². The van der Waals surface area contributed by atoms with Crippen molar-refractivity contribution < 1.29 is 4.74 Å². The number of methoxy groups -OCH3 is 1. The van der Waals surface area contributed by atoms with Crippen LogP contribution >= 0.6 is 11.8 Å². The van der Waals surface area contributed by atoms with E-state index in [-0.39, 0.29) is 12.1 Å². The van der Waals surface area contributed by atoms with Crippen molar-refractivity contribution in [2.45, 2.75) is 45.3 Å². The number of thioether (sulfide) groups is 1. The monoisotopic (exact) mass is 432 g/mol. The van der Waals surface area contributed by atoms with Gasteiger partial charge in [0.2, 0.25) is 0 Å². The minimum absolute atomic E-state index is 0.0165. The third kappa shape index (κ3) is 3.33. The summed E-state index contributed by atoms with van der Waals surface area (Å²) in [6, 6.07) is 17.5. The summed E-state index contributed by atoms with van der Waals surface area (Å²) in [6.07, 6.45) is 3.00. The molecule has 0 aliphatic carbocycles. The predicted molar refractivity (Wildman–Crippen MR) is 127 cm³/mol. The highest BCUT2D eigenvalue weighted by Gasteiger charge is 2.46. The maximum absolute atomic E-state index is 5.35. The molecule has 3 atom stereocenters. The summed E-state index contributed by atoms with van der Waals surface area (Å²) >= 11 is 1.89. The van der Waals surface area contributed by atoms with Crippen LogP contribution in [0, 0.1) is 13.8 Å². The summed E-state index contributed by atoms with van der Waals surface area (Å²) in [5.41, 5.74) is 6.02. The van der Waals surface area contributed by atoms with Gasteiger partial charge in [-0.1, -0.05) is 24.8 Å². The number of benzene rings is 1. The Hall–Kier alpha value is -2.73. The van der Waals surface area contributed by atoms with E-state index in [2.05, 4.69) is 65.6 Å². The van der Waals surface area contributed by atoms with Crippen molar-refractivity contribution in [2.24, 2.45) is 4.99 Å². The van der Waals surface area contributed by atoms with Gasteiger partial charge in [-0.2, -0.15) is 0 Å². The number of ether oxygens (including phenoxy) is 1. The maximum atomic E-state index is 5.35. The zero-order chi connectivity index (χ0) is 21.5. The molecular formula is C25H28N4OS. The lowest BCUT2D eigenvalue weighted by Crippen LogP contribution is -2.35. The molecule has 160 valence electrons. The van der Waals surface area contributed by atoms with Gasteiger partial charge >= 0.3 is 0 Å². The van der Waals surface area contributed by atoms with Gasteiger partial charge in [0.15, 0.2) is 5.17 Å². The van der Waals surface area contributed by atoms with Crippen molar-refractivity contribution in [3.63, 3.8) is 0 Å². The smallest absolute Gasteiger partial charge is 0.160 e. The number of aliphatic imine (C=N–C) groups is 1. The molecule has 2 aliphatic rings. The van der Waals surface area contributed by atoms with E-state index in [0.717, 1.165) is 29.3 Å². The Morgan fingerprint density at radius 1 is 1.13 bits per heavy atom. The van der Waals surface area contributed by atoms with E-state index >= 15 is 0 Å². The van der Waals surface area contributed by atoms with Crippen LogP contribution in [0.15, 0.2) is 59.7 Å². The maximum Gasteiger partial charge on any atom is 0.160 e. The number of aromatic nitrogens is 2. The average molecular weight is 433 g/mol. The lowest BCUT2D eigenvalue weighted by Gasteiger charge is -2.32. The van der Waals surface area contributed by atoms with E-state index in [1.54, 1.807) is 7.11 Å². The molecule has 0 saturated carbocycles. The second-order valence-corrected chi connectivity index (χ2v) is 9.18. The number of fused-ring (bicyclic) bond motifs is 1. The molecule has 0 spiro atoms. The summed E-state index contributed by atoms with van der Waals surface area (Å²) in [5.74, 6) is 1.98. The van der Waals surface area contributed by atoms with Crippen LogP contribution in [0.1, 0.15) is 48.1 Å². The Morgan fingerprint density at radius 2 is 1.94 bits per heavy atom. The second-order valence-electron chi connectivity index (χ2n) is 8.20. The van der Waals surface area contributed by atoms with E-state index in [0.29, 0.717) is 6.04 Å². The highest BCUT2D eigenvalue weighted by molar-refractivity contribution is 8.14. The molecule has 2 aliphatic heterocycles. The van der Waals surface area contributed by atoms with Crippen LogP contribution in [0.2, 0.25) is 0 Å². The van der Waals surface area contributed by atoms with Gasteiger partial charge < -0.3 is 14.2 Å². The van der Waals surface area contributed by atoms with Crippen molar-refractivity contribution in [1.82, 2.24) is 14.5 Å². The van der Waals surface area contributed by atoms with Gasteiger partial charge in [-0.3, -0.25) is 9.98 Å². The van der Waals surface area contributed by atoms with Crippen LogP contribution in [-0.2, 0) is 0 Å². The average Bonchev–Trinajstić information content (AvgIpc) is 3.46. The van der Waals surface area contributed by atoms with Crippen LogP contribution in [0.25, 0.3) is 5.69 Å². The van der Waals surface area contributed by atoms with Gasteiger partial charge in [-0.25, -0.2) is 0 Å². The van der Waals surface area contributed by atoms with Gasteiger partial charge in [0.1, 0.15) is 11.8 Å². The zero-order valence-electron chi connectivity index (χ0n) is 18.4. The largest absolute Gasteiger partial charge is 0.497 e. The molecule has 5 nitrogen and oxygen atoms in total. The first-order valence-corrected chi connectivity index (χ1v) is 11.8. The zero-order valence-corrected chi connectivity index (χ0v) is 19.3. The minimum Gasteiger partial charge on any atom is -0.497 e. The third-order valence-corrected chi connectivity index (χ3v) is 7.57. The molecule has 0 amide bonds. The molecular weight excluding hydrogens is 404 g/mol. The summed E-state index contributed by atoms with van der Waals surface area (Å²) < 4.78 is 7.69. The lowest BCUT2D eigenvalue weighted by atomic mass is 9.95. The standard InChI is InChI=1S/C25H28N4OS/c1-5-18-15-31-25-27-23(22-8-6-7-13-26-22)24(29(18)25)21-14-16(2)28(17(21)3)19-9-11-20(30-4)12-10-19/h6-14,18,23-24H,5,15H2,1-4H3/t18-,23+,24+/m1/s1. The quantitative estimate of drug-likeness (QED) is 0.536. The molecule has 6 heteroatoms. The molecule has 31 heavy (non-hydrogen) atoms. The summed E-state index contributed by atoms with van der Waals surface area (Å²) in [4.78, 5) is 12.4. The van der Waals surface area contributed by atoms with Crippen LogP contribution in [0.3, 0.4) is 0 Å². The SMILES string of the molecule is CC[C@@H]1CSC2=N[C@@H](c3ccccn3)[C@H](c3cc(C)n(-c4ccc(OC)cc4)c3C)N21. The van der Waals surface area contributed by atoms with Gasteiger partial charge in [0, 0.05) is 35.1 Å². The number of hydrogen-bond acceptors (Lipinski definition) is 5. The Kier molecular flexibility index (Phi) is 5.26. The summed E-state index contributed by atoms with van der Waals surface area (Å²) in [6.45, 7) is 6.69. The molecule has 2 aromatic heterocycles. The number of pyridine rings is 1. The number of hydrogen-bond donors (Lipinski definition) is 0. The first kappa shape index (κ1) is 20.2. The Balaban J connectivity index is 1.61. The van der Waals surface area contributed by atoms with Crippen molar-refractivity contribution in [2.75, 3.05) is 12.9 Å². The Labute approximate surface area is 188 Å². The summed E-state index contributed by atoms with van der Waals surface area (Å²) in [5, 5.41) is 1.17. The topological polar surface area (TPSA) is 42.6 Å². The Morgan fingerprint density at radius 3 is 2.61 bits per heavy atom. The summed E-state index contributed by atoms with van der Waals surface area (Å²) in [7, 11) is 1.70. The molecule has 4 heterocycles. The number of amidine groups is 1. The minimum atomic E-state index is 0.0165. The van der Waals surface area contributed by atoms with Crippen molar-refractivity contribution in [3.8, 4) is 11.4 Å². The normalized spacial score (nSPS) is 22.5. The first-order chi connectivity index (χ1) is 15.1. The molecule has 0 bridgehead atoms. The van der Waals surface area contributed by atoms with Crippen molar-refractivity contribution in [3.05, 3.63) is 77.4 Å². The van der Waals surface area contributed by atoms with Gasteiger partial charge in [-0.05, 0) is 68.3 Å².